The van der Waals surface area contributed by atoms with Gasteiger partial charge in [-0.3, -0.25) is 0 Å². The molecule has 1 aliphatic rings. The number of pyridine rings is 1. The van der Waals surface area contributed by atoms with Crippen LogP contribution in [-0.2, 0) is 0 Å². The van der Waals surface area contributed by atoms with E-state index in [1.165, 1.54) is 5.56 Å². The van der Waals surface area contributed by atoms with Gasteiger partial charge < -0.3 is 15.4 Å². The van der Waals surface area contributed by atoms with Gasteiger partial charge in [-0.25, -0.2) is 4.98 Å². The van der Waals surface area contributed by atoms with Crippen LogP contribution in [-0.4, -0.2) is 30.2 Å². The fourth-order valence-electron chi connectivity index (χ4n) is 2.52. The van der Waals surface area contributed by atoms with Crippen LogP contribution < -0.4 is 10.5 Å². The molecular weight excluding hydrogens is 274 g/mol. The summed E-state index contributed by atoms with van der Waals surface area (Å²) < 4.78 is 5.11. The first-order chi connectivity index (χ1) is 10.7. The van der Waals surface area contributed by atoms with Crippen molar-refractivity contribution in [2.45, 2.75) is 6.17 Å². The molecule has 1 atom stereocenters. The highest BCUT2D eigenvalue weighted by Crippen LogP contribution is 2.30. The first kappa shape index (κ1) is 14.4. The number of likely N-dealkylation sites (N-methyl/N-ethyl adjacent to an activating group) is 1. The van der Waals surface area contributed by atoms with Crippen molar-refractivity contribution in [1.29, 1.82) is 0 Å². The smallest absolute Gasteiger partial charge is 0.212 e. The zero-order valence-electron chi connectivity index (χ0n) is 12.7. The number of rotatable bonds is 3. The molecule has 3 rings (SSSR count). The molecule has 2 N–H and O–H groups in total. The van der Waals surface area contributed by atoms with E-state index in [1.54, 1.807) is 13.3 Å². The van der Waals surface area contributed by atoms with Gasteiger partial charge in [-0.05, 0) is 34.4 Å². The van der Waals surface area contributed by atoms with E-state index >= 15 is 0 Å². The van der Waals surface area contributed by atoms with Crippen molar-refractivity contribution >= 4 is 11.1 Å². The van der Waals surface area contributed by atoms with Crippen LogP contribution in [0.15, 0.2) is 60.9 Å². The molecule has 112 valence electrons. The SMILES string of the molecule is COc1ccc(C2=CC(c3ccccc3)=CN(C)C2N)cn1. The molecule has 1 aromatic heterocycles. The molecule has 0 amide bonds. The number of nitrogens with two attached hydrogens (primary N) is 1. The average molecular weight is 293 g/mol. The first-order valence-electron chi connectivity index (χ1n) is 7.16. The van der Waals surface area contributed by atoms with Gasteiger partial charge in [-0.2, -0.15) is 0 Å². The lowest BCUT2D eigenvalue weighted by Gasteiger charge is -2.30. The number of methoxy groups -OCH3 is 1. The van der Waals surface area contributed by atoms with Crippen molar-refractivity contribution in [2.75, 3.05) is 14.2 Å². The molecule has 0 radical (unpaired) electrons. The molecule has 0 saturated heterocycles. The van der Waals surface area contributed by atoms with Crippen LogP contribution in [0.3, 0.4) is 0 Å². The largest absolute Gasteiger partial charge is 0.481 e. The van der Waals surface area contributed by atoms with Crippen LogP contribution in [0.25, 0.3) is 11.1 Å². The highest BCUT2D eigenvalue weighted by atomic mass is 16.5. The van der Waals surface area contributed by atoms with E-state index < -0.39 is 0 Å². The van der Waals surface area contributed by atoms with Crippen LogP contribution in [0, 0.1) is 0 Å². The second-order valence-corrected chi connectivity index (χ2v) is 5.25. The highest BCUT2D eigenvalue weighted by Gasteiger charge is 2.20. The average Bonchev–Trinajstić information content (AvgIpc) is 2.58. The molecule has 1 unspecified atom stereocenters. The normalized spacial score (nSPS) is 17.8. The lowest BCUT2D eigenvalue weighted by Crippen LogP contribution is -2.38. The van der Waals surface area contributed by atoms with Gasteiger partial charge in [0.2, 0.25) is 5.88 Å². The van der Waals surface area contributed by atoms with Gasteiger partial charge in [0.25, 0.3) is 0 Å². The summed E-state index contributed by atoms with van der Waals surface area (Å²) in [5, 5.41) is 0. The molecule has 0 fully saturated rings. The van der Waals surface area contributed by atoms with Crippen molar-refractivity contribution in [3.8, 4) is 5.88 Å². The third-order valence-electron chi connectivity index (χ3n) is 3.80. The number of nitrogens with zero attached hydrogens (tertiary/aromatic N) is 2. The van der Waals surface area contributed by atoms with Crippen LogP contribution in [0.2, 0.25) is 0 Å². The van der Waals surface area contributed by atoms with Crippen LogP contribution in [0.4, 0.5) is 0 Å². The monoisotopic (exact) mass is 293 g/mol. The molecule has 0 aliphatic carbocycles. The second-order valence-electron chi connectivity index (χ2n) is 5.25. The van der Waals surface area contributed by atoms with Crippen LogP contribution in [0.5, 0.6) is 5.88 Å². The standard InChI is InChI=1S/C18H19N3O/c1-21-12-15(13-6-4-3-5-7-13)10-16(18(21)19)14-8-9-17(22-2)20-11-14/h3-12,18H,19H2,1-2H3. The third kappa shape index (κ3) is 2.73. The van der Waals surface area contributed by atoms with Crippen LogP contribution in [0.1, 0.15) is 11.1 Å². The summed E-state index contributed by atoms with van der Waals surface area (Å²) in [6.07, 6.45) is 5.80. The Balaban J connectivity index is 2.01. The molecule has 22 heavy (non-hydrogen) atoms. The quantitative estimate of drug-likeness (QED) is 0.945. The maximum Gasteiger partial charge on any atom is 0.212 e. The Bertz CT molecular complexity index is 705. The Hall–Kier alpha value is -2.59. The van der Waals surface area contributed by atoms with Crippen molar-refractivity contribution in [3.05, 3.63) is 72.1 Å². The lowest BCUT2D eigenvalue weighted by molar-refractivity contribution is 0.396. The van der Waals surface area contributed by atoms with Crippen LogP contribution >= 0.6 is 0 Å². The number of allylic oxidation sites excluding steroid dienone is 2. The molecule has 4 heteroatoms. The van der Waals surface area contributed by atoms with E-state index in [2.05, 4.69) is 29.4 Å². The fourth-order valence-corrected chi connectivity index (χ4v) is 2.52. The minimum Gasteiger partial charge on any atom is -0.481 e. The topological polar surface area (TPSA) is 51.4 Å². The van der Waals surface area contributed by atoms with Crippen molar-refractivity contribution in [3.63, 3.8) is 0 Å². The maximum atomic E-state index is 6.32. The van der Waals surface area contributed by atoms with Gasteiger partial charge in [0, 0.05) is 25.5 Å². The van der Waals surface area contributed by atoms with E-state index in [4.69, 9.17) is 10.5 Å². The Morgan fingerprint density at radius 3 is 2.50 bits per heavy atom. The summed E-state index contributed by atoms with van der Waals surface area (Å²) in [6, 6.07) is 14.1. The predicted octanol–water partition coefficient (Wildman–Crippen LogP) is 2.74. The van der Waals surface area contributed by atoms with Gasteiger partial charge in [0.1, 0.15) is 6.17 Å². The Morgan fingerprint density at radius 1 is 1.09 bits per heavy atom. The van der Waals surface area contributed by atoms with E-state index in [0.29, 0.717) is 5.88 Å². The van der Waals surface area contributed by atoms with Crippen molar-refractivity contribution in [1.82, 2.24) is 9.88 Å². The number of benzene rings is 1. The summed E-state index contributed by atoms with van der Waals surface area (Å²) in [6.45, 7) is 0. The molecule has 4 nitrogen and oxygen atoms in total. The Kier molecular flexibility index (Phi) is 3.94. The number of aromatic nitrogens is 1. The summed E-state index contributed by atoms with van der Waals surface area (Å²) >= 11 is 0. The van der Waals surface area contributed by atoms with E-state index in [1.807, 2.05) is 42.3 Å². The van der Waals surface area contributed by atoms with Gasteiger partial charge in [-0.15, -0.1) is 0 Å². The molecule has 1 aromatic carbocycles. The lowest BCUT2D eigenvalue weighted by atomic mass is 9.95. The van der Waals surface area contributed by atoms with Gasteiger partial charge >= 0.3 is 0 Å². The maximum absolute atomic E-state index is 6.32. The summed E-state index contributed by atoms with van der Waals surface area (Å²) in [5.41, 5.74) is 10.7. The number of ether oxygens (including phenoxy) is 1. The summed E-state index contributed by atoms with van der Waals surface area (Å²) in [5.74, 6) is 0.598. The summed E-state index contributed by atoms with van der Waals surface area (Å²) in [7, 11) is 3.59. The summed E-state index contributed by atoms with van der Waals surface area (Å²) in [4.78, 5) is 6.29. The molecule has 2 aromatic rings. The molecule has 2 heterocycles. The number of hydrogen-bond donors (Lipinski definition) is 1. The zero-order chi connectivity index (χ0) is 15.5. The van der Waals surface area contributed by atoms with Gasteiger partial charge in [0.15, 0.2) is 0 Å². The highest BCUT2D eigenvalue weighted by molar-refractivity contribution is 5.87. The van der Waals surface area contributed by atoms with Crippen molar-refractivity contribution in [2.24, 2.45) is 5.73 Å². The molecule has 0 saturated carbocycles. The van der Waals surface area contributed by atoms with Gasteiger partial charge in [0.05, 0.1) is 7.11 Å². The van der Waals surface area contributed by atoms with E-state index in [9.17, 15) is 0 Å². The van der Waals surface area contributed by atoms with Gasteiger partial charge in [-0.1, -0.05) is 30.3 Å². The first-order valence-corrected chi connectivity index (χ1v) is 7.16. The minimum absolute atomic E-state index is 0.192. The Labute approximate surface area is 130 Å². The molecule has 1 aliphatic heterocycles. The minimum atomic E-state index is -0.192. The van der Waals surface area contributed by atoms with Crippen molar-refractivity contribution < 1.29 is 4.74 Å². The molecule has 0 bridgehead atoms. The second kappa shape index (κ2) is 6.03. The predicted molar refractivity (Wildman–Crippen MR) is 88.9 cm³/mol. The van der Waals surface area contributed by atoms with E-state index in [-0.39, 0.29) is 6.17 Å². The third-order valence-corrected chi connectivity index (χ3v) is 3.80. The Morgan fingerprint density at radius 2 is 1.86 bits per heavy atom. The van der Waals surface area contributed by atoms with E-state index in [0.717, 1.165) is 16.7 Å². The fraction of sp³-hybridized carbons (Fsp3) is 0.167. The number of hydrogen-bond acceptors (Lipinski definition) is 4. The molecule has 0 spiro atoms. The molecular formula is C18H19N3O. The zero-order valence-corrected chi connectivity index (χ0v) is 12.7.